The quantitative estimate of drug-likeness (QED) is 0.668. The number of carbonyl (C=O) groups is 1. The summed E-state index contributed by atoms with van der Waals surface area (Å²) in [5.41, 5.74) is 3.93. The number of likely N-dealkylation sites (N-methyl/N-ethyl adjacent to an activating group) is 1. The highest BCUT2D eigenvalue weighted by molar-refractivity contribution is 5.87. The third-order valence-corrected chi connectivity index (χ3v) is 5.52. The molecule has 0 aliphatic heterocycles. The molecule has 1 saturated carbocycles. The lowest BCUT2D eigenvalue weighted by Crippen LogP contribution is -2.39. The summed E-state index contributed by atoms with van der Waals surface area (Å²) in [4.78, 5) is 18.9. The smallest absolute Gasteiger partial charge is 0.245 e. The van der Waals surface area contributed by atoms with Crippen LogP contribution in [0.2, 0.25) is 0 Å². The Morgan fingerprint density at radius 1 is 1.33 bits per heavy atom. The van der Waals surface area contributed by atoms with Gasteiger partial charge in [0.15, 0.2) is 0 Å². The number of rotatable bonds is 4. The Morgan fingerprint density at radius 2 is 2.19 bits per heavy atom. The van der Waals surface area contributed by atoms with Crippen molar-refractivity contribution in [3.63, 3.8) is 0 Å². The molecule has 3 aromatic rings. The Bertz CT molecular complexity index is 987. The molecular formula is C20H24N6O. The van der Waals surface area contributed by atoms with E-state index in [-0.39, 0.29) is 11.9 Å². The van der Waals surface area contributed by atoms with Gasteiger partial charge in [0.25, 0.3) is 0 Å². The van der Waals surface area contributed by atoms with Gasteiger partial charge in [-0.25, -0.2) is 9.50 Å². The van der Waals surface area contributed by atoms with Crippen LogP contribution in [0.4, 0.5) is 0 Å². The minimum Gasteiger partial charge on any atom is -0.339 e. The zero-order valence-electron chi connectivity index (χ0n) is 15.7. The Balaban J connectivity index is 1.71. The summed E-state index contributed by atoms with van der Waals surface area (Å²) in [5.74, 6) is 0.270. The molecule has 1 aliphatic carbocycles. The highest BCUT2D eigenvalue weighted by Gasteiger charge is 2.30. The van der Waals surface area contributed by atoms with Crippen LogP contribution >= 0.6 is 0 Å². The molecule has 3 heterocycles. The second kappa shape index (κ2) is 6.98. The van der Waals surface area contributed by atoms with E-state index in [0.717, 1.165) is 48.2 Å². The van der Waals surface area contributed by atoms with Crippen molar-refractivity contribution in [3.8, 4) is 11.3 Å². The monoisotopic (exact) mass is 364 g/mol. The van der Waals surface area contributed by atoms with Gasteiger partial charge in [0.05, 0.1) is 35.5 Å². The third-order valence-electron chi connectivity index (χ3n) is 5.52. The summed E-state index contributed by atoms with van der Waals surface area (Å²) in [7, 11) is 3.76. The van der Waals surface area contributed by atoms with Crippen molar-refractivity contribution in [3.05, 3.63) is 49.2 Å². The minimum atomic E-state index is -0.0211. The van der Waals surface area contributed by atoms with E-state index in [4.69, 9.17) is 4.98 Å². The summed E-state index contributed by atoms with van der Waals surface area (Å²) in [6.45, 7) is 3.61. The van der Waals surface area contributed by atoms with E-state index in [2.05, 4.69) is 16.8 Å². The second-order valence-electron chi connectivity index (χ2n) is 7.25. The SMILES string of the molecule is C=CC(=O)N(C)[C@H]1CCC[C@H](c2nc(-c3cnn(C)c3)cn3nccc23)C1. The summed E-state index contributed by atoms with van der Waals surface area (Å²) < 4.78 is 3.67. The molecule has 140 valence electrons. The molecule has 0 N–H and O–H groups in total. The van der Waals surface area contributed by atoms with Crippen LogP contribution in [-0.2, 0) is 11.8 Å². The molecule has 1 aliphatic rings. The molecule has 1 fully saturated rings. The number of hydrogen-bond acceptors (Lipinski definition) is 4. The molecule has 0 aromatic carbocycles. The van der Waals surface area contributed by atoms with Gasteiger partial charge in [0, 0.05) is 37.8 Å². The van der Waals surface area contributed by atoms with E-state index in [1.54, 1.807) is 10.9 Å². The fraction of sp³-hybridized carbons (Fsp3) is 0.400. The van der Waals surface area contributed by atoms with Gasteiger partial charge in [-0.1, -0.05) is 13.0 Å². The van der Waals surface area contributed by atoms with E-state index in [0.29, 0.717) is 5.92 Å². The van der Waals surface area contributed by atoms with Gasteiger partial charge in [-0.3, -0.25) is 9.48 Å². The predicted octanol–water partition coefficient (Wildman–Crippen LogP) is 2.80. The average molecular weight is 364 g/mol. The van der Waals surface area contributed by atoms with Gasteiger partial charge in [-0.15, -0.1) is 0 Å². The van der Waals surface area contributed by atoms with Crippen LogP contribution in [0.5, 0.6) is 0 Å². The predicted molar refractivity (Wildman–Crippen MR) is 103 cm³/mol. The Hall–Kier alpha value is -2.96. The van der Waals surface area contributed by atoms with Crippen LogP contribution in [0.15, 0.2) is 43.5 Å². The largest absolute Gasteiger partial charge is 0.339 e. The lowest BCUT2D eigenvalue weighted by molar-refractivity contribution is -0.127. The number of amides is 1. The average Bonchev–Trinajstić information content (AvgIpc) is 3.34. The number of nitrogens with zero attached hydrogens (tertiary/aromatic N) is 6. The fourth-order valence-corrected chi connectivity index (χ4v) is 4.03. The molecule has 0 spiro atoms. The molecule has 0 unspecified atom stereocenters. The van der Waals surface area contributed by atoms with Gasteiger partial charge >= 0.3 is 0 Å². The first-order valence-corrected chi connectivity index (χ1v) is 9.29. The summed E-state index contributed by atoms with van der Waals surface area (Å²) >= 11 is 0. The zero-order valence-corrected chi connectivity index (χ0v) is 15.7. The van der Waals surface area contributed by atoms with Gasteiger partial charge < -0.3 is 4.90 Å². The first-order chi connectivity index (χ1) is 13.1. The summed E-state index contributed by atoms with van der Waals surface area (Å²) in [6, 6.07) is 2.22. The number of hydrogen-bond donors (Lipinski definition) is 0. The first-order valence-electron chi connectivity index (χ1n) is 9.29. The molecular weight excluding hydrogens is 340 g/mol. The van der Waals surface area contributed by atoms with E-state index in [1.165, 1.54) is 6.08 Å². The van der Waals surface area contributed by atoms with E-state index in [9.17, 15) is 4.79 Å². The van der Waals surface area contributed by atoms with Crippen molar-refractivity contribution in [2.45, 2.75) is 37.6 Å². The van der Waals surface area contributed by atoms with Crippen molar-refractivity contribution in [1.82, 2.24) is 29.3 Å². The highest BCUT2D eigenvalue weighted by atomic mass is 16.2. The second-order valence-corrected chi connectivity index (χ2v) is 7.25. The van der Waals surface area contributed by atoms with Crippen molar-refractivity contribution in [1.29, 1.82) is 0 Å². The molecule has 7 heteroatoms. The van der Waals surface area contributed by atoms with E-state index >= 15 is 0 Å². The summed E-state index contributed by atoms with van der Waals surface area (Å²) in [6.07, 6.45) is 13.0. The zero-order chi connectivity index (χ0) is 19.0. The number of fused-ring (bicyclic) bond motifs is 1. The fourth-order valence-electron chi connectivity index (χ4n) is 4.03. The molecule has 0 bridgehead atoms. The van der Waals surface area contributed by atoms with Crippen LogP contribution in [0.1, 0.15) is 37.3 Å². The maximum atomic E-state index is 12.0. The highest BCUT2D eigenvalue weighted by Crippen LogP contribution is 2.36. The Morgan fingerprint density at radius 3 is 2.93 bits per heavy atom. The van der Waals surface area contributed by atoms with Gasteiger partial charge in [0.1, 0.15) is 0 Å². The van der Waals surface area contributed by atoms with Gasteiger partial charge in [-0.2, -0.15) is 10.2 Å². The van der Waals surface area contributed by atoms with Crippen LogP contribution < -0.4 is 0 Å². The van der Waals surface area contributed by atoms with Crippen molar-refractivity contribution in [2.75, 3.05) is 7.05 Å². The lowest BCUT2D eigenvalue weighted by atomic mass is 9.82. The number of aryl methyl sites for hydroxylation is 1. The van der Waals surface area contributed by atoms with Crippen molar-refractivity contribution < 1.29 is 4.79 Å². The van der Waals surface area contributed by atoms with Crippen LogP contribution in [-0.4, -0.2) is 48.3 Å². The Labute approximate surface area is 158 Å². The minimum absolute atomic E-state index is 0.0211. The molecule has 2 atom stereocenters. The molecule has 4 rings (SSSR count). The first kappa shape index (κ1) is 17.5. The number of carbonyl (C=O) groups excluding carboxylic acids is 1. The lowest BCUT2D eigenvalue weighted by Gasteiger charge is -2.35. The molecule has 7 nitrogen and oxygen atoms in total. The van der Waals surface area contributed by atoms with E-state index < -0.39 is 0 Å². The van der Waals surface area contributed by atoms with Crippen molar-refractivity contribution in [2.24, 2.45) is 7.05 Å². The molecule has 1 amide bonds. The molecule has 3 aromatic heterocycles. The van der Waals surface area contributed by atoms with Crippen LogP contribution in [0, 0.1) is 0 Å². The Kier molecular flexibility index (Phi) is 4.51. The van der Waals surface area contributed by atoms with Crippen molar-refractivity contribution >= 4 is 11.4 Å². The van der Waals surface area contributed by atoms with Gasteiger partial charge in [-0.05, 0) is 31.4 Å². The maximum Gasteiger partial charge on any atom is 0.245 e. The molecule has 27 heavy (non-hydrogen) atoms. The molecule has 0 saturated heterocycles. The third kappa shape index (κ3) is 3.25. The standard InChI is InChI=1S/C20H24N6O/c1-4-19(27)25(3)16-7-5-6-14(10-16)20-18-8-9-21-26(18)13-17(23-20)15-11-22-24(2)12-15/h4,8-9,11-14,16H,1,5-7,10H2,2-3H3/t14-,16-/m0/s1. The van der Waals surface area contributed by atoms with Crippen LogP contribution in [0.25, 0.3) is 16.8 Å². The summed E-state index contributed by atoms with van der Waals surface area (Å²) in [5, 5.41) is 8.69. The van der Waals surface area contributed by atoms with Crippen LogP contribution in [0.3, 0.4) is 0 Å². The topological polar surface area (TPSA) is 68.3 Å². The normalized spacial score (nSPS) is 19.9. The van der Waals surface area contributed by atoms with E-state index in [1.807, 2.05) is 48.2 Å². The number of aromatic nitrogens is 5. The van der Waals surface area contributed by atoms with Gasteiger partial charge in [0.2, 0.25) is 5.91 Å². The molecule has 0 radical (unpaired) electrons. The maximum absolute atomic E-state index is 12.0.